The summed E-state index contributed by atoms with van der Waals surface area (Å²) >= 11 is 0. The minimum Gasteiger partial charge on any atom is -0.457 e. The molecule has 0 spiro atoms. The molecular weight excluding hydrogens is 308 g/mol. The standard InChI is InChI=1S/C18H12N2O4/c1-20-16(21)14-7-6-13(8-15(14)17(20)22)18(23)24-10-12-4-2-11(9-19)3-5-12/h2-8H,10H2,1H3. The number of carbonyl (C=O) groups is 3. The van der Waals surface area contributed by atoms with Crippen LogP contribution in [0.25, 0.3) is 0 Å². The average molecular weight is 320 g/mol. The maximum absolute atomic E-state index is 12.1. The Balaban J connectivity index is 1.73. The van der Waals surface area contributed by atoms with Gasteiger partial charge < -0.3 is 4.74 Å². The molecule has 24 heavy (non-hydrogen) atoms. The highest BCUT2D eigenvalue weighted by atomic mass is 16.5. The number of carbonyl (C=O) groups excluding carboxylic acids is 3. The minimum atomic E-state index is -0.586. The van der Waals surface area contributed by atoms with E-state index in [0.717, 1.165) is 10.5 Å². The number of amides is 2. The Kier molecular flexibility index (Phi) is 3.84. The van der Waals surface area contributed by atoms with Crippen molar-refractivity contribution in [1.82, 2.24) is 4.90 Å². The molecule has 3 rings (SSSR count). The van der Waals surface area contributed by atoms with Gasteiger partial charge >= 0.3 is 5.97 Å². The lowest BCUT2D eigenvalue weighted by molar-refractivity contribution is 0.0472. The first kappa shape index (κ1) is 15.4. The van der Waals surface area contributed by atoms with Crippen LogP contribution in [0.3, 0.4) is 0 Å². The van der Waals surface area contributed by atoms with E-state index in [0.29, 0.717) is 5.56 Å². The smallest absolute Gasteiger partial charge is 0.338 e. The van der Waals surface area contributed by atoms with E-state index < -0.39 is 11.9 Å². The Morgan fingerprint density at radius 3 is 2.42 bits per heavy atom. The van der Waals surface area contributed by atoms with Crippen LogP contribution in [0.5, 0.6) is 0 Å². The SMILES string of the molecule is CN1C(=O)c2ccc(C(=O)OCc3ccc(C#N)cc3)cc2C1=O. The molecule has 2 amide bonds. The van der Waals surface area contributed by atoms with Gasteiger partial charge in [0.2, 0.25) is 0 Å². The van der Waals surface area contributed by atoms with Gasteiger partial charge in [0.25, 0.3) is 11.8 Å². The van der Waals surface area contributed by atoms with E-state index in [-0.39, 0.29) is 29.2 Å². The molecule has 2 aromatic rings. The predicted octanol–water partition coefficient (Wildman–Crippen LogP) is 2.14. The quantitative estimate of drug-likeness (QED) is 0.638. The first-order chi connectivity index (χ1) is 11.5. The third kappa shape index (κ3) is 2.63. The summed E-state index contributed by atoms with van der Waals surface area (Å²) in [5, 5.41) is 8.74. The lowest BCUT2D eigenvalue weighted by Gasteiger charge is -2.06. The number of nitrogens with zero attached hydrogens (tertiary/aromatic N) is 2. The number of hydrogen-bond acceptors (Lipinski definition) is 5. The van der Waals surface area contributed by atoms with Crippen molar-refractivity contribution in [2.75, 3.05) is 7.05 Å². The zero-order valence-electron chi connectivity index (χ0n) is 12.8. The summed E-state index contributed by atoms with van der Waals surface area (Å²) in [6.07, 6.45) is 0. The topological polar surface area (TPSA) is 87.5 Å². The van der Waals surface area contributed by atoms with Gasteiger partial charge in [-0.1, -0.05) is 12.1 Å². The molecule has 6 heteroatoms. The summed E-state index contributed by atoms with van der Waals surface area (Å²) in [5.41, 5.74) is 1.96. The van der Waals surface area contributed by atoms with E-state index in [2.05, 4.69) is 0 Å². The molecule has 0 bridgehead atoms. The molecule has 0 aliphatic carbocycles. The highest BCUT2D eigenvalue weighted by Gasteiger charge is 2.33. The summed E-state index contributed by atoms with van der Waals surface area (Å²) < 4.78 is 5.20. The second-order valence-corrected chi connectivity index (χ2v) is 5.31. The molecule has 0 fully saturated rings. The summed E-state index contributed by atoms with van der Waals surface area (Å²) in [7, 11) is 1.40. The lowest BCUT2D eigenvalue weighted by atomic mass is 10.1. The number of ether oxygens (including phenoxy) is 1. The van der Waals surface area contributed by atoms with E-state index in [1.165, 1.54) is 25.2 Å². The Hall–Kier alpha value is -3.46. The first-order valence-electron chi connectivity index (χ1n) is 7.14. The monoisotopic (exact) mass is 320 g/mol. The van der Waals surface area contributed by atoms with Crippen LogP contribution in [-0.4, -0.2) is 29.7 Å². The molecular formula is C18H12N2O4. The molecule has 0 saturated heterocycles. The summed E-state index contributed by atoms with van der Waals surface area (Å²) in [5.74, 6) is -1.40. The number of hydrogen-bond donors (Lipinski definition) is 0. The number of benzene rings is 2. The van der Waals surface area contributed by atoms with Crippen molar-refractivity contribution in [3.63, 3.8) is 0 Å². The van der Waals surface area contributed by atoms with Crippen molar-refractivity contribution in [2.45, 2.75) is 6.61 Å². The fourth-order valence-corrected chi connectivity index (χ4v) is 2.40. The van der Waals surface area contributed by atoms with Crippen LogP contribution in [-0.2, 0) is 11.3 Å². The second kappa shape index (κ2) is 5.97. The number of rotatable bonds is 3. The normalized spacial score (nSPS) is 12.8. The Morgan fingerprint density at radius 2 is 1.75 bits per heavy atom. The highest BCUT2D eigenvalue weighted by Crippen LogP contribution is 2.23. The summed E-state index contributed by atoms with van der Waals surface area (Å²) in [6.45, 7) is 0.0500. The molecule has 0 N–H and O–H groups in total. The fraction of sp³-hybridized carbons (Fsp3) is 0.111. The molecule has 0 atom stereocenters. The zero-order chi connectivity index (χ0) is 17.3. The van der Waals surface area contributed by atoms with Crippen molar-refractivity contribution in [3.05, 3.63) is 70.3 Å². The van der Waals surface area contributed by atoms with Crippen molar-refractivity contribution < 1.29 is 19.1 Å². The molecule has 0 saturated carbocycles. The van der Waals surface area contributed by atoms with Crippen molar-refractivity contribution in [3.8, 4) is 6.07 Å². The van der Waals surface area contributed by atoms with Gasteiger partial charge in [-0.25, -0.2) is 4.79 Å². The maximum atomic E-state index is 12.1. The van der Waals surface area contributed by atoms with Crippen LogP contribution >= 0.6 is 0 Å². The van der Waals surface area contributed by atoms with Gasteiger partial charge in [-0.2, -0.15) is 5.26 Å². The molecule has 2 aromatic carbocycles. The zero-order valence-corrected chi connectivity index (χ0v) is 12.8. The van der Waals surface area contributed by atoms with Crippen LogP contribution in [0, 0.1) is 11.3 Å². The van der Waals surface area contributed by atoms with Crippen LogP contribution < -0.4 is 0 Å². The predicted molar refractivity (Wildman–Crippen MR) is 83.1 cm³/mol. The van der Waals surface area contributed by atoms with Crippen LogP contribution in [0.4, 0.5) is 0 Å². The van der Waals surface area contributed by atoms with Gasteiger partial charge in [0.15, 0.2) is 0 Å². The van der Waals surface area contributed by atoms with Crippen LogP contribution in [0.2, 0.25) is 0 Å². The number of imide groups is 1. The fourth-order valence-electron chi connectivity index (χ4n) is 2.40. The third-order valence-corrected chi connectivity index (χ3v) is 3.78. The Morgan fingerprint density at radius 1 is 1.08 bits per heavy atom. The molecule has 118 valence electrons. The molecule has 0 unspecified atom stereocenters. The minimum absolute atomic E-state index is 0.0500. The lowest BCUT2D eigenvalue weighted by Crippen LogP contribution is -2.24. The largest absolute Gasteiger partial charge is 0.457 e. The van der Waals surface area contributed by atoms with E-state index in [1.807, 2.05) is 6.07 Å². The average Bonchev–Trinajstić information content (AvgIpc) is 2.84. The van der Waals surface area contributed by atoms with Crippen molar-refractivity contribution >= 4 is 17.8 Å². The van der Waals surface area contributed by atoms with Gasteiger partial charge in [-0.05, 0) is 35.9 Å². The van der Waals surface area contributed by atoms with Crippen LogP contribution in [0.15, 0.2) is 42.5 Å². The molecule has 1 heterocycles. The van der Waals surface area contributed by atoms with Crippen molar-refractivity contribution in [1.29, 1.82) is 5.26 Å². The number of esters is 1. The van der Waals surface area contributed by atoms with Gasteiger partial charge in [0.1, 0.15) is 6.61 Å². The molecule has 6 nitrogen and oxygen atoms in total. The van der Waals surface area contributed by atoms with E-state index >= 15 is 0 Å². The summed E-state index contributed by atoms with van der Waals surface area (Å²) in [4.78, 5) is 36.9. The number of nitriles is 1. The van der Waals surface area contributed by atoms with Crippen molar-refractivity contribution in [2.24, 2.45) is 0 Å². The van der Waals surface area contributed by atoms with Gasteiger partial charge in [-0.3, -0.25) is 14.5 Å². The Labute approximate surface area is 137 Å². The van der Waals surface area contributed by atoms with E-state index in [1.54, 1.807) is 24.3 Å². The van der Waals surface area contributed by atoms with Gasteiger partial charge in [0.05, 0.1) is 28.3 Å². The van der Waals surface area contributed by atoms with Crippen LogP contribution in [0.1, 0.15) is 42.2 Å². The van der Waals surface area contributed by atoms with Gasteiger partial charge in [0, 0.05) is 7.05 Å². The second-order valence-electron chi connectivity index (χ2n) is 5.31. The Bertz CT molecular complexity index is 894. The first-order valence-corrected chi connectivity index (χ1v) is 7.14. The van der Waals surface area contributed by atoms with Gasteiger partial charge in [-0.15, -0.1) is 0 Å². The molecule has 0 radical (unpaired) electrons. The van der Waals surface area contributed by atoms with E-state index in [4.69, 9.17) is 10.00 Å². The highest BCUT2D eigenvalue weighted by molar-refractivity contribution is 6.21. The third-order valence-electron chi connectivity index (χ3n) is 3.78. The van der Waals surface area contributed by atoms with E-state index in [9.17, 15) is 14.4 Å². The summed E-state index contributed by atoms with van der Waals surface area (Å²) in [6, 6.07) is 13.0. The molecule has 0 aromatic heterocycles. The molecule has 1 aliphatic heterocycles. The number of fused-ring (bicyclic) bond motifs is 1. The molecule has 1 aliphatic rings. The maximum Gasteiger partial charge on any atom is 0.338 e.